The average molecular weight is 306 g/mol. The Morgan fingerprint density at radius 1 is 1.24 bits per heavy atom. The summed E-state index contributed by atoms with van der Waals surface area (Å²) in [6.45, 7) is 3.74. The van der Waals surface area contributed by atoms with Crippen molar-refractivity contribution < 1.29 is 8.42 Å². The predicted octanol–water partition coefficient (Wildman–Crippen LogP) is 1.72. The number of anilines is 1. The Hall–Kier alpha value is -1.96. The first kappa shape index (κ1) is 15.4. The maximum atomic E-state index is 12.5. The molecule has 21 heavy (non-hydrogen) atoms. The van der Waals surface area contributed by atoms with E-state index in [9.17, 15) is 8.42 Å². The lowest BCUT2D eigenvalue weighted by molar-refractivity contribution is 0.566. The Balaban J connectivity index is 2.32. The van der Waals surface area contributed by atoms with Crippen LogP contribution in [0.5, 0.6) is 0 Å². The molecule has 1 aromatic carbocycles. The number of nitrogens with zero attached hydrogens (tertiary/aromatic N) is 1. The van der Waals surface area contributed by atoms with Gasteiger partial charge in [0, 0.05) is 18.4 Å². The quantitative estimate of drug-likeness (QED) is 0.577. The van der Waals surface area contributed by atoms with Crippen molar-refractivity contribution in [2.45, 2.75) is 24.8 Å². The van der Waals surface area contributed by atoms with Crippen LogP contribution in [0, 0.1) is 6.92 Å². The van der Waals surface area contributed by atoms with Crippen molar-refractivity contribution in [2.24, 2.45) is 5.84 Å². The van der Waals surface area contributed by atoms with E-state index in [2.05, 4.69) is 15.1 Å². The van der Waals surface area contributed by atoms with Crippen LogP contribution in [0.2, 0.25) is 0 Å². The highest BCUT2D eigenvalue weighted by molar-refractivity contribution is 7.89. The van der Waals surface area contributed by atoms with Gasteiger partial charge in [0.1, 0.15) is 4.90 Å². The van der Waals surface area contributed by atoms with Crippen molar-refractivity contribution in [3.63, 3.8) is 0 Å². The van der Waals surface area contributed by atoms with Crippen molar-refractivity contribution >= 4 is 15.7 Å². The largest absolute Gasteiger partial charge is 0.323 e. The molecule has 112 valence electrons. The Morgan fingerprint density at radius 2 is 1.95 bits per heavy atom. The van der Waals surface area contributed by atoms with Crippen LogP contribution in [0.4, 0.5) is 5.69 Å². The number of hydrogen-bond donors (Lipinski definition) is 3. The molecule has 0 bridgehead atoms. The van der Waals surface area contributed by atoms with E-state index in [4.69, 9.17) is 5.84 Å². The third-order valence-electron chi connectivity index (χ3n) is 3.22. The van der Waals surface area contributed by atoms with Crippen LogP contribution in [0.25, 0.3) is 0 Å². The Labute approximate surface area is 124 Å². The highest BCUT2D eigenvalue weighted by Crippen LogP contribution is 2.23. The fourth-order valence-electron chi connectivity index (χ4n) is 2.15. The van der Waals surface area contributed by atoms with Crippen LogP contribution < -0.4 is 16.0 Å². The number of nitrogens with two attached hydrogens (primary N) is 1. The SMILES string of the molecule is Cc1ccccc1C(C)NS(=O)(=O)c1cnccc1NN. The fraction of sp³-hybridized carbons (Fsp3) is 0.214. The van der Waals surface area contributed by atoms with Gasteiger partial charge < -0.3 is 5.43 Å². The number of hydrazine groups is 1. The second-order valence-corrected chi connectivity index (χ2v) is 6.40. The molecule has 2 rings (SSSR count). The number of nitrogens with one attached hydrogen (secondary N) is 2. The molecule has 0 amide bonds. The number of nitrogen functional groups attached to an aromatic ring is 1. The lowest BCUT2D eigenvalue weighted by atomic mass is 10.0. The molecule has 1 heterocycles. The molecule has 0 aliphatic heterocycles. The van der Waals surface area contributed by atoms with Crippen LogP contribution in [-0.4, -0.2) is 13.4 Å². The average Bonchev–Trinajstić information content (AvgIpc) is 2.47. The molecular formula is C14H18N4O2S. The van der Waals surface area contributed by atoms with Crippen LogP contribution >= 0.6 is 0 Å². The number of aromatic nitrogens is 1. The molecule has 0 saturated carbocycles. The van der Waals surface area contributed by atoms with Crippen LogP contribution in [0.1, 0.15) is 24.1 Å². The van der Waals surface area contributed by atoms with Gasteiger partial charge in [-0.25, -0.2) is 13.1 Å². The number of pyridine rings is 1. The molecule has 1 aromatic heterocycles. The normalized spacial score (nSPS) is 12.9. The van der Waals surface area contributed by atoms with Crippen LogP contribution in [0.15, 0.2) is 47.6 Å². The minimum Gasteiger partial charge on any atom is -0.323 e. The molecular weight excluding hydrogens is 288 g/mol. The molecule has 0 radical (unpaired) electrons. The summed E-state index contributed by atoms with van der Waals surface area (Å²) in [5.41, 5.74) is 4.61. The smallest absolute Gasteiger partial charge is 0.244 e. The highest BCUT2D eigenvalue weighted by atomic mass is 32.2. The van der Waals surface area contributed by atoms with E-state index in [1.807, 2.05) is 31.2 Å². The van der Waals surface area contributed by atoms with Gasteiger partial charge in [0.2, 0.25) is 10.0 Å². The molecule has 0 aliphatic rings. The first-order chi connectivity index (χ1) is 9.95. The standard InChI is InChI=1S/C14H18N4O2S/c1-10-5-3-4-6-12(10)11(2)18-21(19,20)14-9-16-8-7-13(14)17-15/h3-9,11,18H,15H2,1-2H3,(H,16,17). The van der Waals surface area contributed by atoms with E-state index in [1.165, 1.54) is 18.5 Å². The summed E-state index contributed by atoms with van der Waals surface area (Å²) in [4.78, 5) is 3.86. The van der Waals surface area contributed by atoms with E-state index in [0.717, 1.165) is 11.1 Å². The third kappa shape index (κ3) is 3.38. The van der Waals surface area contributed by atoms with Crippen molar-refractivity contribution in [3.8, 4) is 0 Å². The number of benzene rings is 1. The molecule has 4 N–H and O–H groups in total. The Morgan fingerprint density at radius 3 is 2.62 bits per heavy atom. The van der Waals surface area contributed by atoms with Gasteiger partial charge in [-0.2, -0.15) is 0 Å². The summed E-state index contributed by atoms with van der Waals surface area (Å²) in [7, 11) is -3.72. The number of aryl methyl sites for hydroxylation is 1. The summed E-state index contributed by atoms with van der Waals surface area (Å²) in [6, 6.07) is 8.78. The van der Waals surface area contributed by atoms with Gasteiger partial charge in [0.25, 0.3) is 0 Å². The first-order valence-corrected chi connectivity index (χ1v) is 7.92. The third-order valence-corrected chi connectivity index (χ3v) is 4.78. The summed E-state index contributed by atoms with van der Waals surface area (Å²) < 4.78 is 27.6. The maximum absolute atomic E-state index is 12.5. The van der Waals surface area contributed by atoms with Gasteiger partial charge >= 0.3 is 0 Å². The molecule has 0 fully saturated rings. The van der Waals surface area contributed by atoms with Gasteiger partial charge in [-0.3, -0.25) is 10.8 Å². The molecule has 2 aromatic rings. The summed E-state index contributed by atoms with van der Waals surface area (Å²) in [5.74, 6) is 5.34. The molecule has 0 saturated heterocycles. The lowest BCUT2D eigenvalue weighted by Crippen LogP contribution is -2.28. The number of rotatable bonds is 5. The monoisotopic (exact) mass is 306 g/mol. The van der Waals surface area contributed by atoms with Crippen molar-refractivity contribution in [3.05, 3.63) is 53.9 Å². The molecule has 1 atom stereocenters. The molecule has 0 spiro atoms. The summed E-state index contributed by atoms with van der Waals surface area (Å²) in [5, 5.41) is 0. The number of hydrogen-bond acceptors (Lipinski definition) is 5. The molecule has 7 heteroatoms. The van der Waals surface area contributed by atoms with Crippen molar-refractivity contribution in [1.82, 2.24) is 9.71 Å². The van der Waals surface area contributed by atoms with Gasteiger partial charge in [-0.15, -0.1) is 0 Å². The van der Waals surface area contributed by atoms with Crippen molar-refractivity contribution in [2.75, 3.05) is 5.43 Å². The molecule has 0 aliphatic carbocycles. The molecule has 1 unspecified atom stereocenters. The second-order valence-electron chi connectivity index (χ2n) is 4.72. The maximum Gasteiger partial charge on any atom is 0.244 e. The highest BCUT2D eigenvalue weighted by Gasteiger charge is 2.22. The van der Waals surface area contributed by atoms with E-state index in [1.54, 1.807) is 6.92 Å². The van der Waals surface area contributed by atoms with Gasteiger partial charge in [-0.05, 0) is 31.0 Å². The number of sulfonamides is 1. The van der Waals surface area contributed by atoms with Crippen LogP contribution in [0.3, 0.4) is 0 Å². The van der Waals surface area contributed by atoms with E-state index in [-0.39, 0.29) is 10.9 Å². The Kier molecular flexibility index (Phi) is 4.56. The summed E-state index contributed by atoms with van der Waals surface area (Å²) >= 11 is 0. The fourth-order valence-corrected chi connectivity index (χ4v) is 3.48. The van der Waals surface area contributed by atoms with Gasteiger partial charge in [0.05, 0.1) is 5.69 Å². The zero-order valence-electron chi connectivity index (χ0n) is 11.9. The zero-order chi connectivity index (χ0) is 15.5. The van der Waals surface area contributed by atoms with Gasteiger partial charge in [0.15, 0.2) is 0 Å². The second kappa shape index (κ2) is 6.21. The summed E-state index contributed by atoms with van der Waals surface area (Å²) in [6.07, 6.45) is 2.74. The first-order valence-electron chi connectivity index (χ1n) is 6.44. The van der Waals surface area contributed by atoms with Crippen molar-refractivity contribution in [1.29, 1.82) is 0 Å². The van der Waals surface area contributed by atoms with E-state index in [0.29, 0.717) is 5.69 Å². The predicted molar refractivity (Wildman–Crippen MR) is 82.0 cm³/mol. The van der Waals surface area contributed by atoms with E-state index >= 15 is 0 Å². The Bertz CT molecular complexity index is 731. The minimum absolute atomic E-state index is 0.0212. The molecule has 6 nitrogen and oxygen atoms in total. The lowest BCUT2D eigenvalue weighted by Gasteiger charge is -2.17. The van der Waals surface area contributed by atoms with Crippen LogP contribution in [-0.2, 0) is 10.0 Å². The zero-order valence-corrected chi connectivity index (χ0v) is 12.7. The van der Waals surface area contributed by atoms with Gasteiger partial charge in [-0.1, -0.05) is 24.3 Å². The minimum atomic E-state index is -3.72. The topological polar surface area (TPSA) is 97.1 Å². The van der Waals surface area contributed by atoms with E-state index < -0.39 is 10.0 Å².